The summed E-state index contributed by atoms with van der Waals surface area (Å²) >= 11 is 6.58. The standard InChI is InChI=1S/C12H14Br2F3N/c1-2-5-18-11(7-12(15,16)17)9-6-8(13)3-4-10(9)14/h3-4,6,11,18H,2,5,7H2,1H3. The SMILES string of the molecule is CCCNC(CC(F)(F)F)c1cc(Br)ccc1Br. The molecule has 0 spiro atoms. The average Bonchev–Trinajstić information content (AvgIpc) is 2.26. The van der Waals surface area contributed by atoms with Gasteiger partial charge in [-0.25, -0.2) is 0 Å². The Balaban J connectivity index is 2.97. The van der Waals surface area contributed by atoms with Crippen LogP contribution in [0.1, 0.15) is 31.4 Å². The minimum atomic E-state index is -4.19. The summed E-state index contributed by atoms with van der Waals surface area (Å²) in [6.07, 6.45) is -4.27. The molecule has 18 heavy (non-hydrogen) atoms. The van der Waals surface area contributed by atoms with Crippen molar-refractivity contribution in [2.24, 2.45) is 0 Å². The van der Waals surface area contributed by atoms with Crippen LogP contribution < -0.4 is 5.32 Å². The number of alkyl halides is 3. The Hall–Kier alpha value is -0.0700. The highest BCUT2D eigenvalue weighted by atomic mass is 79.9. The molecule has 0 heterocycles. The van der Waals surface area contributed by atoms with Crippen molar-refractivity contribution < 1.29 is 13.2 Å². The van der Waals surface area contributed by atoms with Crippen molar-refractivity contribution in [2.45, 2.75) is 32.0 Å². The van der Waals surface area contributed by atoms with E-state index >= 15 is 0 Å². The fourth-order valence-corrected chi connectivity index (χ4v) is 2.53. The van der Waals surface area contributed by atoms with Crippen molar-refractivity contribution in [3.8, 4) is 0 Å². The number of hydrogen-bond donors (Lipinski definition) is 1. The van der Waals surface area contributed by atoms with Gasteiger partial charge in [-0.3, -0.25) is 0 Å². The Bertz CT molecular complexity index is 393. The Morgan fingerprint density at radius 3 is 2.50 bits per heavy atom. The summed E-state index contributed by atoms with van der Waals surface area (Å²) in [5.74, 6) is 0. The molecule has 0 amide bonds. The molecular weight excluding hydrogens is 375 g/mol. The molecule has 0 aliphatic rings. The second-order valence-electron chi connectivity index (χ2n) is 3.99. The van der Waals surface area contributed by atoms with Gasteiger partial charge in [-0.2, -0.15) is 13.2 Å². The van der Waals surface area contributed by atoms with Gasteiger partial charge in [0.05, 0.1) is 6.42 Å². The van der Waals surface area contributed by atoms with Crippen molar-refractivity contribution in [1.82, 2.24) is 5.32 Å². The van der Waals surface area contributed by atoms with Crippen LogP contribution in [-0.4, -0.2) is 12.7 Å². The van der Waals surface area contributed by atoms with E-state index in [9.17, 15) is 13.2 Å². The molecule has 1 nitrogen and oxygen atoms in total. The zero-order valence-electron chi connectivity index (χ0n) is 9.82. The van der Waals surface area contributed by atoms with Crippen LogP contribution >= 0.6 is 31.9 Å². The summed E-state index contributed by atoms with van der Waals surface area (Å²) in [4.78, 5) is 0. The Morgan fingerprint density at radius 2 is 1.94 bits per heavy atom. The minimum absolute atomic E-state index is 0.555. The van der Waals surface area contributed by atoms with Gasteiger partial charge in [0.15, 0.2) is 0 Å². The number of hydrogen-bond acceptors (Lipinski definition) is 1. The maximum atomic E-state index is 12.6. The molecule has 1 atom stereocenters. The van der Waals surface area contributed by atoms with Gasteiger partial charge in [0.25, 0.3) is 0 Å². The molecule has 102 valence electrons. The lowest BCUT2D eigenvalue weighted by molar-refractivity contribution is -0.140. The van der Waals surface area contributed by atoms with Crippen molar-refractivity contribution >= 4 is 31.9 Å². The molecule has 0 aliphatic carbocycles. The highest BCUT2D eigenvalue weighted by molar-refractivity contribution is 9.11. The van der Waals surface area contributed by atoms with Gasteiger partial charge < -0.3 is 5.32 Å². The fourth-order valence-electron chi connectivity index (χ4n) is 1.62. The second kappa shape index (κ2) is 6.91. The van der Waals surface area contributed by atoms with Crippen molar-refractivity contribution in [2.75, 3.05) is 6.54 Å². The van der Waals surface area contributed by atoms with E-state index in [0.717, 1.165) is 10.9 Å². The van der Waals surface area contributed by atoms with Crippen molar-refractivity contribution in [3.63, 3.8) is 0 Å². The zero-order chi connectivity index (χ0) is 13.8. The van der Waals surface area contributed by atoms with Crippen LogP contribution in [0.25, 0.3) is 0 Å². The topological polar surface area (TPSA) is 12.0 Å². The summed E-state index contributed by atoms with van der Waals surface area (Å²) in [5.41, 5.74) is 0.621. The third-order valence-electron chi connectivity index (χ3n) is 2.41. The molecule has 0 aliphatic heterocycles. The van der Waals surface area contributed by atoms with E-state index < -0.39 is 18.6 Å². The first-order valence-electron chi connectivity index (χ1n) is 5.58. The molecule has 0 bridgehead atoms. The third kappa shape index (κ3) is 5.28. The molecule has 1 rings (SSSR count). The predicted molar refractivity (Wildman–Crippen MR) is 73.5 cm³/mol. The summed E-state index contributed by atoms with van der Waals surface area (Å²) < 4.78 is 39.2. The molecule has 0 fully saturated rings. The average molecular weight is 389 g/mol. The first kappa shape index (κ1) is 16.0. The van der Waals surface area contributed by atoms with Crippen LogP contribution in [0, 0.1) is 0 Å². The van der Waals surface area contributed by atoms with E-state index in [1.807, 2.05) is 6.92 Å². The molecule has 0 radical (unpaired) electrons. The Morgan fingerprint density at radius 1 is 1.28 bits per heavy atom. The van der Waals surface area contributed by atoms with E-state index in [4.69, 9.17) is 0 Å². The number of halogens is 5. The molecule has 6 heteroatoms. The minimum Gasteiger partial charge on any atom is -0.310 e. The summed E-state index contributed by atoms with van der Waals surface area (Å²) in [5, 5.41) is 2.94. The van der Waals surface area contributed by atoms with E-state index in [0.29, 0.717) is 16.6 Å². The molecule has 1 unspecified atom stereocenters. The van der Waals surface area contributed by atoms with Gasteiger partial charge >= 0.3 is 6.18 Å². The van der Waals surface area contributed by atoms with E-state index in [1.165, 1.54) is 0 Å². The fraction of sp³-hybridized carbons (Fsp3) is 0.500. The van der Waals surface area contributed by atoms with Crippen LogP contribution in [0.3, 0.4) is 0 Å². The van der Waals surface area contributed by atoms with Crippen LogP contribution in [0.15, 0.2) is 27.1 Å². The number of benzene rings is 1. The summed E-state index contributed by atoms with van der Waals surface area (Å²) in [6, 6.07) is 4.52. The second-order valence-corrected chi connectivity index (χ2v) is 5.76. The largest absolute Gasteiger partial charge is 0.390 e. The maximum absolute atomic E-state index is 12.6. The molecule has 0 saturated carbocycles. The lowest BCUT2D eigenvalue weighted by Gasteiger charge is -2.22. The van der Waals surface area contributed by atoms with Crippen molar-refractivity contribution in [3.05, 3.63) is 32.7 Å². The predicted octanol–water partition coefficient (Wildman–Crippen LogP) is 5.20. The van der Waals surface area contributed by atoms with Gasteiger partial charge in [-0.15, -0.1) is 0 Å². The van der Waals surface area contributed by atoms with Crippen molar-refractivity contribution in [1.29, 1.82) is 0 Å². The highest BCUT2D eigenvalue weighted by Gasteiger charge is 2.33. The normalized spacial score (nSPS) is 13.7. The molecule has 0 saturated heterocycles. The number of nitrogens with one attached hydrogen (secondary N) is 1. The lowest BCUT2D eigenvalue weighted by Crippen LogP contribution is -2.27. The van der Waals surface area contributed by atoms with Gasteiger partial charge in [0.2, 0.25) is 0 Å². The van der Waals surface area contributed by atoms with E-state index in [2.05, 4.69) is 37.2 Å². The zero-order valence-corrected chi connectivity index (χ0v) is 13.0. The van der Waals surface area contributed by atoms with Gasteiger partial charge in [0.1, 0.15) is 0 Å². The van der Waals surface area contributed by atoms with Crippen LogP contribution in [0.4, 0.5) is 13.2 Å². The Kier molecular flexibility index (Phi) is 6.14. The quantitative estimate of drug-likeness (QED) is 0.730. The van der Waals surface area contributed by atoms with Gasteiger partial charge in [-0.1, -0.05) is 38.8 Å². The monoisotopic (exact) mass is 387 g/mol. The first-order chi connectivity index (χ1) is 8.33. The lowest BCUT2D eigenvalue weighted by atomic mass is 10.0. The number of rotatable bonds is 5. The highest BCUT2D eigenvalue weighted by Crippen LogP contribution is 2.34. The summed E-state index contributed by atoms with van der Waals surface area (Å²) in [6.45, 7) is 2.48. The van der Waals surface area contributed by atoms with E-state index in [1.54, 1.807) is 18.2 Å². The molecule has 1 N–H and O–H groups in total. The molecule has 1 aromatic rings. The maximum Gasteiger partial charge on any atom is 0.390 e. The van der Waals surface area contributed by atoms with Gasteiger partial charge in [-0.05, 0) is 36.7 Å². The first-order valence-corrected chi connectivity index (χ1v) is 7.17. The van der Waals surface area contributed by atoms with Crippen LogP contribution in [-0.2, 0) is 0 Å². The van der Waals surface area contributed by atoms with Crippen LogP contribution in [0.2, 0.25) is 0 Å². The molecular formula is C12H14Br2F3N. The van der Waals surface area contributed by atoms with Crippen LogP contribution in [0.5, 0.6) is 0 Å². The third-order valence-corrected chi connectivity index (χ3v) is 3.63. The summed E-state index contributed by atoms with van der Waals surface area (Å²) in [7, 11) is 0. The van der Waals surface area contributed by atoms with E-state index in [-0.39, 0.29) is 0 Å². The van der Waals surface area contributed by atoms with Gasteiger partial charge in [0, 0.05) is 15.0 Å². The Labute approximate surface area is 121 Å². The molecule has 0 aromatic heterocycles. The molecule has 1 aromatic carbocycles. The smallest absolute Gasteiger partial charge is 0.310 e.